The van der Waals surface area contributed by atoms with E-state index in [1.807, 2.05) is 0 Å². The molecule has 1 rings (SSSR count). The Hall–Kier alpha value is -0.130. The van der Waals surface area contributed by atoms with Gasteiger partial charge in [0.2, 0.25) is 0 Å². The summed E-state index contributed by atoms with van der Waals surface area (Å²) in [5, 5.41) is 4.76. The minimum Gasteiger partial charge on any atom is -0.216 e. The second-order valence-corrected chi connectivity index (χ2v) is 4.44. The molecule has 1 fully saturated rings. The van der Waals surface area contributed by atoms with Crippen LogP contribution in [0.1, 0.15) is 19.8 Å². The van der Waals surface area contributed by atoms with Gasteiger partial charge in [0.1, 0.15) is 0 Å². The van der Waals surface area contributed by atoms with Gasteiger partial charge in [-0.2, -0.15) is 8.42 Å². The van der Waals surface area contributed by atoms with E-state index in [0.717, 1.165) is 12.8 Å². The third-order valence-electron chi connectivity index (χ3n) is 2.14. The number of rotatable bonds is 4. The van der Waals surface area contributed by atoms with Gasteiger partial charge in [0.15, 0.2) is 0 Å². The summed E-state index contributed by atoms with van der Waals surface area (Å²) in [6.07, 6.45) is 2.27. The standard InChI is InChI=1S/C6H14N2O2S/c1-2-5-3-6(5)4-8-11(7,9)10/h5-6,8H,2-4H2,1H3,(H2,7,9,10)/t5-,6+/m1/s1. The molecule has 3 N–H and O–H groups in total. The Bertz CT molecular complexity index is 225. The molecule has 1 saturated carbocycles. The lowest BCUT2D eigenvalue weighted by molar-refractivity contribution is 0.573. The summed E-state index contributed by atoms with van der Waals surface area (Å²) in [5.41, 5.74) is 0. The van der Waals surface area contributed by atoms with Crippen LogP contribution in [0.4, 0.5) is 0 Å². The molecule has 5 heteroatoms. The van der Waals surface area contributed by atoms with E-state index in [4.69, 9.17) is 5.14 Å². The first kappa shape index (κ1) is 8.96. The number of hydrogen-bond donors (Lipinski definition) is 2. The second-order valence-electron chi connectivity index (χ2n) is 3.06. The van der Waals surface area contributed by atoms with Gasteiger partial charge >= 0.3 is 0 Å². The van der Waals surface area contributed by atoms with Crippen molar-refractivity contribution in [3.05, 3.63) is 0 Å². The summed E-state index contributed by atoms with van der Waals surface area (Å²) in [6, 6.07) is 0. The van der Waals surface area contributed by atoms with Crippen molar-refractivity contribution in [3.8, 4) is 0 Å². The molecule has 1 aliphatic rings. The predicted octanol–water partition coefficient (Wildman–Crippen LogP) is -0.174. The lowest BCUT2D eigenvalue weighted by atomic mass is 10.3. The molecule has 0 radical (unpaired) electrons. The molecule has 0 aromatic rings. The van der Waals surface area contributed by atoms with E-state index in [0.29, 0.717) is 18.4 Å². The van der Waals surface area contributed by atoms with E-state index in [-0.39, 0.29) is 0 Å². The SMILES string of the molecule is CC[C@@H]1C[C@H]1CNS(N)(=O)=O. The lowest BCUT2D eigenvalue weighted by Crippen LogP contribution is -2.32. The monoisotopic (exact) mass is 178 g/mol. The van der Waals surface area contributed by atoms with Gasteiger partial charge in [-0.25, -0.2) is 9.86 Å². The Morgan fingerprint density at radius 1 is 1.55 bits per heavy atom. The number of nitrogens with two attached hydrogens (primary N) is 1. The van der Waals surface area contributed by atoms with Crippen LogP contribution in [0.25, 0.3) is 0 Å². The molecule has 0 saturated heterocycles. The van der Waals surface area contributed by atoms with E-state index in [9.17, 15) is 8.42 Å². The van der Waals surface area contributed by atoms with Gasteiger partial charge in [0.25, 0.3) is 10.2 Å². The van der Waals surface area contributed by atoms with Crippen LogP contribution in [0.15, 0.2) is 0 Å². The molecule has 4 nitrogen and oxygen atoms in total. The lowest BCUT2D eigenvalue weighted by Gasteiger charge is -1.98. The van der Waals surface area contributed by atoms with E-state index >= 15 is 0 Å². The van der Waals surface area contributed by atoms with Crippen LogP contribution in [-0.2, 0) is 10.2 Å². The normalized spacial score (nSPS) is 30.4. The van der Waals surface area contributed by atoms with Crippen LogP contribution >= 0.6 is 0 Å². The molecular formula is C6H14N2O2S. The van der Waals surface area contributed by atoms with Gasteiger partial charge in [-0.15, -0.1) is 0 Å². The second kappa shape index (κ2) is 3.08. The largest absolute Gasteiger partial charge is 0.274 e. The Kier molecular flexibility index (Phi) is 2.51. The average molecular weight is 178 g/mol. The van der Waals surface area contributed by atoms with Crippen molar-refractivity contribution in [2.24, 2.45) is 17.0 Å². The van der Waals surface area contributed by atoms with Crippen molar-refractivity contribution >= 4 is 10.2 Å². The first-order chi connectivity index (χ1) is 5.03. The van der Waals surface area contributed by atoms with Crippen molar-refractivity contribution in [3.63, 3.8) is 0 Å². The van der Waals surface area contributed by atoms with Gasteiger partial charge < -0.3 is 0 Å². The molecule has 0 aromatic heterocycles. The first-order valence-corrected chi connectivity index (χ1v) is 5.35. The summed E-state index contributed by atoms with van der Waals surface area (Å²) >= 11 is 0. The van der Waals surface area contributed by atoms with E-state index < -0.39 is 10.2 Å². The molecule has 1 aliphatic carbocycles. The highest BCUT2D eigenvalue weighted by molar-refractivity contribution is 7.87. The third-order valence-corrected chi connectivity index (χ3v) is 2.71. The average Bonchev–Trinajstić information content (AvgIpc) is 2.60. The maximum atomic E-state index is 10.4. The number of hydrogen-bond acceptors (Lipinski definition) is 2. The van der Waals surface area contributed by atoms with Gasteiger partial charge in [0.05, 0.1) is 0 Å². The van der Waals surface area contributed by atoms with Crippen LogP contribution in [0.5, 0.6) is 0 Å². The topological polar surface area (TPSA) is 72.2 Å². The fraction of sp³-hybridized carbons (Fsp3) is 1.00. The highest BCUT2D eigenvalue weighted by Gasteiger charge is 2.35. The molecule has 11 heavy (non-hydrogen) atoms. The van der Waals surface area contributed by atoms with Gasteiger partial charge in [-0.1, -0.05) is 13.3 Å². The highest BCUT2D eigenvalue weighted by Crippen LogP contribution is 2.40. The molecular weight excluding hydrogens is 164 g/mol. The zero-order valence-electron chi connectivity index (χ0n) is 6.58. The van der Waals surface area contributed by atoms with E-state index in [2.05, 4.69) is 11.6 Å². The van der Waals surface area contributed by atoms with E-state index in [1.54, 1.807) is 0 Å². The maximum Gasteiger partial charge on any atom is 0.274 e. The fourth-order valence-corrected chi connectivity index (χ4v) is 1.73. The summed E-state index contributed by atoms with van der Waals surface area (Å²) in [4.78, 5) is 0. The highest BCUT2D eigenvalue weighted by atomic mass is 32.2. The molecule has 0 bridgehead atoms. The smallest absolute Gasteiger partial charge is 0.216 e. The minimum absolute atomic E-state index is 0.511. The maximum absolute atomic E-state index is 10.4. The molecule has 0 aromatic carbocycles. The van der Waals surface area contributed by atoms with Crippen molar-refractivity contribution in [2.75, 3.05) is 6.54 Å². The zero-order valence-corrected chi connectivity index (χ0v) is 7.39. The van der Waals surface area contributed by atoms with Crippen molar-refractivity contribution in [1.29, 1.82) is 0 Å². The summed E-state index contributed by atoms with van der Waals surface area (Å²) in [7, 11) is -3.46. The zero-order chi connectivity index (χ0) is 8.48. The third kappa shape index (κ3) is 3.18. The summed E-state index contributed by atoms with van der Waals surface area (Å²) in [5.74, 6) is 1.24. The van der Waals surface area contributed by atoms with Gasteiger partial charge in [-0.3, -0.25) is 0 Å². The van der Waals surface area contributed by atoms with Gasteiger partial charge in [-0.05, 0) is 18.3 Å². The van der Waals surface area contributed by atoms with Crippen molar-refractivity contribution < 1.29 is 8.42 Å². The summed E-state index contributed by atoms with van der Waals surface area (Å²) < 4.78 is 23.1. The predicted molar refractivity (Wildman–Crippen MR) is 43.0 cm³/mol. The molecule has 0 amide bonds. The first-order valence-electron chi connectivity index (χ1n) is 3.80. The molecule has 2 atom stereocenters. The Morgan fingerprint density at radius 2 is 2.18 bits per heavy atom. The van der Waals surface area contributed by atoms with Crippen LogP contribution in [0, 0.1) is 11.8 Å². The molecule has 0 spiro atoms. The molecule has 0 aliphatic heterocycles. The Labute approximate surface area is 67.3 Å². The molecule has 66 valence electrons. The van der Waals surface area contributed by atoms with Crippen LogP contribution < -0.4 is 9.86 Å². The van der Waals surface area contributed by atoms with Crippen LogP contribution in [-0.4, -0.2) is 15.0 Å². The fourth-order valence-electron chi connectivity index (χ4n) is 1.28. The quantitative estimate of drug-likeness (QED) is 0.627. The van der Waals surface area contributed by atoms with Crippen LogP contribution in [0.3, 0.4) is 0 Å². The molecule has 0 heterocycles. The number of nitrogens with one attached hydrogen (secondary N) is 1. The van der Waals surface area contributed by atoms with Crippen molar-refractivity contribution in [1.82, 2.24) is 4.72 Å². The van der Waals surface area contributed by atoms with Gasteiger partial charge in [0, 0.05) is 6.54 Å². The Morgan fingerprint density at radius 3 is 2.55 bits per heavy atom. The molecule has 0 unspecified atom stereocenters. The minimum atomic E-state index is -3.46. The van der Waals surface area contributed by atoms with Crippen LogP contribution in [0.2, 0.25) is 0 Å². The van der Waals surface area contributed by atoms with Crippen molar-refractivity contribution in [2.45, 2.75) is 19.8 Å². The Balaban J connectivity index is 2.16. The summed E-state index contributed by atoms with van der Waals surface area (Å²) in [6.45, 7) is 2.62. The van der Waals surface area contributed by atoms with E-state index in [1.165, 1.54) is 0 Å².